The van der Waals surface area contributed by atoms with Crippen LogP contribution in [0.2, 0.25) is 0 Å². The van der Waals surface area contributed by atoms with Crippen molar-refractivity contribution in [2.75, 3.05) is 25.0 Å². The second-order valence-electron chi connectivity index (χ2n) is 6.09. The van der Waals surface area contributed by atoms with Gasteiger partial charge < -0.3 is 15.4 Å². The Morgan fingerprint density at radius 2 is 2.27 bits per heavy atom. The first-order chi connectivity index (χ1) is 10.1. The van der Waals surface area contributed by atoms with Crippen LogP contribution in [0.15, 0.2) is 24.3 Å². The summed E-state index contributed by atoms with van der Waals surface area (Å²) in [6, 6.07) is 7.65. The molecule has 0 aromatic heterocycles. The maximum absolute atomic E-state index is 12.2. The first-order valence-electron chi connectivity index (χ1n) is 7.89. The highest BCUT2D eigenvalue weighted by molar-refractivity contribution is 5.92. The maximum Gasteiger partial charge on any atom is 0.228 e. The number of halogens is 1. The fraction of sp³-hybridized carbons (Fsp3) is 0.588. The zero-order valence-corrected chi connectivity index (χ0v) is 14.2. The molecule has 4 nitrogen and oxygen atoms in total. The quantitative estimate of drug-likeness (QED) is 0.841. The number of amides is 1. The third-order valence-electron chi connectivity index (χ3n) is 3.73. The van der Waals surface area contributed by atoms with Gasteiger partial charge in [-0.2, -0.15) is 0 Å². The van der Waals surface area contributed by atoms with Crippen molar-refractivity contribution in [3.63, 3.8) is 0 Å². The van der Waals surface area contributed by atoms with Gasteiger partial charge in [-0.1, -0.05) is 19.9 Å². The molecule has 0 bridgehead atoms. The number of carbonyl (C=O) groups excluding carboxylic acids is 1. The van der Waals surface area contributed by atoms with Gasteiger partial charge in [0.1, 0.15) is 5.75 Å². The molecule has 1 atom stereocenters. The molecule has 124 valence electrons. The van der Waals surface area contributed by atoms with Crippen molar-refractivity contribution in [3.8, 4) is 5.75 Å². The van der Waals surface area contributed by atoms with E-state index < -0.39 is 0 Å². The Morgan fingerprint density at radius 3 is 2.95 bits per heavy atom. The van der Waals surface area contributed by atoms with E-state index in [-0.39, 0.29) is 24.2 Å². The summed E-state index contributed by atoms with van der Waals surface area (Å²) in [6.07, 6.45) is 3.06. The van der Waals surface area contributed by atoms with Crippen LogP contribution < -0.4 is 15.4 Å². The van der Waals surface area contributed by atoms with Crippen molar-refractivity contribution in [2.24, 2.45) is 11.8 Å². The summed E-state index contributed by atoms with van der Waals surface area (Å²) in [5, 5.41) is 6.26. The van der Waals surface area contributed by atoms with Gasteiger partial charge in [-0.15, -0.1) is 12.4 Å². The van der Waals surface area contributed by atoms with Crippen LogP contribution in [0.1, 0.15) is 33.1 Å². The lowest BCUT2D eigenvalue weighted by molar-refractivity contribution is -0.120. The van der Waals surface area contributed by atoms with Crippen molar-refractivity contribution < 1.29 is 9.53 Å². The molecule has 1 aliphatic rings. The molecule has 2 N–H and O–H groups in total. The first kappa shape index (κ1) is 18.8. The molecule has 1 amide bonds. The van der Waals surface area contributed by atoms with Gasteiger partial charge in [-0.25, -0.2) is 0 Å². The highest BCUT2D eigenvalue weighted by Crippen LogP contribution is 2.20. The molecule has 1 unspecified atom stereocenters. The Bertz CT molecular complexity index is 460. The topological polar surface area (TPSA) is 50.4 Å². The molecule has 0 saturated carbocycles. The summed E-state index contributed by atoms with van der Waals surface area (Å²) in [5.41, 5.74) is 0.813. The standard InChI is InChI=1S/C17H26N2O2.ClH/c1-13(2)8-10-21-16-7-3-6-15(11-16)19-17(20)14-5-4-9-18-12-14;/h3,6-7,11,13-14,18H,4-5,8-10,12H2,1-2H3,(H,19,20);1H. The van der Waals surface area contributed by atoms with E-state index in [1.54, 1.807) is 0 Å². The monoisotopic (exact) mass is 326 g/mol. The van der Waals surface area contributed by atoms with Crippen LogP contribution in [-0.2, 0) is 4.79 Å². The molecule has 1 saturated heterocycles. The zero-order chi connectivity index (χ0) is 15.1. The fourth-order valence-electron chi connectivity index (χ4n) is 2.40. The Balaban J connectivity index is 0.00000242. The molecule has 1 aromatic carbocycles. The van der Waals surface area contributed by atoms with Gasteiger partial charge in [0.25, 0.3) is 0 Å². The molecule has 1 fully saturated rings. The highest BCUT2D eigenvalue weighted by atomic mass is 35.5. The number of ether oxygens (including phenoxy) is 1. The second kappa shape index (κ2) is 9.70. The number of hydrogen-bond donors (Lipinski definition) is 2. The first-order valence-corrected chi connectivity index (χ1v) is 7.89. The van der Waals surface area contributed by atoms with Crippen LogP contribution in [0.4, 0.5) is 5.69 Å². The van der Waals surface area contributed by atoms with Gasteiger partial charge in [-0.05, 0) is 43.9 Å². The van der Waals surface area contributed by atoms with E-state index in [4.69, 9.17) is 4.74 Å². The van der Waals surface area contributed by atoms with E-state index in [0.29, 0.717) is 12.5 Å². The van der Waals surface area contributed by atoms with Gasteiger partial charge >= 0.3 is 0 Å². The SMILES string of the molecule is CC(C)CCOc1cccc(NC(=O)C2CCCNC2)c1.Cl. The number of rotatable bonds is 6. The van der Waals surface area contributed by atoms with E-state index in [9.17, 15) is 4.79 Å². The number of piperidine rings is 1. The smallest absolute Gasteiger partial charge is 0.228 e. The lowest BCUT2D eigenvalue weighted by Gasteiger charge is -2.22. The largest absolute Gasteiger partial charge is 0.494 e. The predicted molar refractivity (Wildman–Crippen MR) is 92.9 cm³/mol. The summed E-state index contributed by atoms with van der Waals surface area (Å²) in [6.45, 7) is 6.86. The molecule has 5 heteroatoms. The second-order valence-corrected chi connectivity index (χ2v) is 6.09. The lowest BCUT2D eigenvalue weighted by atomic mass is 9.99. The van der Waals surface area contributed by atoms with Crippen molar-refractivity contribution in [1.82, 2.24) is 5.32 Å². The van der Waals surface area contributed by atoms with Gasteiger partial charge in [0.15, 0.2) is 0 Å². The Labute approximate surface area is 139 Å². The summed E-state index contributed by atoms with van der Waals surface area (Å²) in [4.78, 5) is 12.2. The maximum atomic E-state index is 12.2. The van der Waals surface area contributed by atoms with Crippen LogP contribution in [-0.4, -0.2) is 25.6 Å². The molecule has 1 aliphatic heterocycles. The van der Waals surface area contributed by atoms with Crippen molar-refractivity contribution >= 4 is 24.0 Å². The molecule has 0 radical (unpaired) electrons. The van der Waals surface area contributed by atoms with Crippen molar-refractivity contribution in [3.05, 3.63) is 24.3 Å². The van der Waals surface area contributed by atoms with E-state index >= 15 is 0 Å². The zero-order valence-electron chi connectivity index (χ0n) is 13.4. The third kappa shape index (κ3) is 6.24. The Kier molecular flexibility index (Phi) is 8.28. The lowest BCUT2D eigenvalue weighted by Crippen LogP contribution is -2.37. The van der Waals surface area contributed by atoms with Gasteiger partial charge in [0.2, 0.25) is 5.91 Å². The highest BCUT2D eigenvalue weighted by Gasteiger charge is 2.20. The predicted octanol–water partition coefficient (Wildman–Crippen LogP) is 3.47. The molecular weight excluding hydrogens is 300 g/mol. The molecule has 22 heavy (non-hydrogen) atoms. The number of nitrogens with one attached hydrogen (secondary N) is 2. The molecule has 0 aliphatic carbocycles. The van der Waals surface area contributed by atoms with E-state index in [1.807, 2.05) is 24.3 Å². The summed E-state index contributed by atoms with van der Waals surface area (Å²) in [7, 11) is 0. The summed E-state index contributed by atoms with van der Waals surface area (Å²) in [5.74, 6) is 1.62. The normalized spacial score (nSPS) is 17.7. The molecule has 2 rings (SSSR count). The van der Waals surface area contributed by atoms with Crippen LogP contribution in [0, 0.1) is 11.8 Å². The van der Waals surface area contributed by atoms with E-state index in [1.165, 1.54) is 0 Å². The Hall–Kier alpha value is -1.26. The number of benzene rings is 1. The number of hydrogen-bond acceptors (Lipinski definition) is 3. The van der Waals surface area contributed by atoms with Gasteiger partial charge in [-0.3, -0.25) is 4.79 Å². The minimum absolute atomic E-state index is 0. The van der Waals surface area contributed by atoms with E-state index in [0.717, 1.165) is 43.8 Å². The molecule has 0 spiro atoms. The Morgan fingerprint density at radius 1 is 1.45 bits per heavy atom. The summed E-state index contributed by atoms with van der Waals surface area (Å²) >= 11 is 0. The van der Waals surface area contributed by atoms with Crippen LogP contribution in [0.5, 0.6) is 5.75 Å². The van der Waals surface area contributed by atoms with Crippen molar-refractivity contribution in [1.29, 1.82) is 0 Å². The molecule has 1 aromatic rings. The summed E-state index contributed by atoms with van der Waals surface area (Å²) < 4.78 is 5.72. The molecule has 1 heterocycles. The minimum atomic E-state index is 0. The number of carbonyl (C=O) groups is 1. The average Bonchev–Trinajstić information content (AvgIpc) is 2.48. The van der Waals surface area contributed by atoms with E-state index in [2.05, 4.69) is 24.5 Å². The third-order valence-corrected chi connectivity index (χ3v) is 3.73. The van der Waals surface area contributed by atoms with Crippen LogP contribution >= 0.6 is 12.4 Å². The average molecular weight is 327 g/mol. The molecular formula is C17H27ClN2O2. The van der Waals surface area contributed by atoms with Crippen LogP contribution in [0.25, 0.3) is 0 Å². The van der Waals surface area contributed by atoms with Crippen LogP contribution in [0.3, 0.4) is 0 Å². The number of anilines is 1. The van der Waals surface area contributed by atoms with Gasteiger partial charge in [0, 0.05) is 18.3 Å². The van der Waals surface area contributed by atoms with Crippen molar-refractivity contribution in [2.45, 2.75) is 33.1 Å². The van der Waals surface area contributed by atoms with Gasteiger partial charge in [0.05, 0.1) is 12.5 Å². The fourth-order valence-corrected chi connectivity index (χ4v) is 2.40. The minimum Gasteiger partial charge on any atom is -0.494 e.